The van der Waals surface area contributed by atoms with Crippen molar-refractivity contribution in [1.82, 2.24) is 5.32 Å². The molecule has 2 aromatic rings. The topological polar surface area (TPSA) is 58.2 Å². The van der Waals surface area contributed by atoms with Gasteiger partial charge in [0.15, 0.2) is 0 Å². The molecule has 0 radical (unpaired) electrons. The van der Waals surface area contributed by atoms with Crippen molar-refractivity contribution >= 4 is 43.0 Å². The van der Waals surface area contributed by atoms with E-state index < -0.39 is 15.8 Å². The lowest BCUT2D eigenvalue weighted by Crippen LogP contribution is -2.12. The normalized spacial score (nSPS) is 11.6. The Hall–Kier alpha value is -0.960. The second kappa shape index (κ2) is 6.43. The second-order valence-electron chi connectivity index (χ2n) is 4.43. The summed E-state index contributed by atoms with van der Waals surface area (Å²) < 4.78 is 41.1. The predicted molar refractivity (Wildman–Crippen MR) is 86.7 cm³/mol. The zero-order valence-corrected chi connectivity index (χ0v) is 14.6. The third-order valence-electron chi connectivity index (χ3n) is 2.77. The number of halogens is 2. The van der Waals surface area contributed by atoms with Crippen LogP contribution in [0.1, 0.15) is 10.4 Å². The molecule has 0 atom stereocenters. The monoisotopic (exact) mass is 392 g/mol. The van der Waals surface area contributed by atoms with Gasteiger partial charge in [0.1, 0.15) is 10.0 Å². The minimum Gasteiger partial charge on any atom is -0.315 e. The molecule has 2 N–H and O–H groups in total. The molecule has 0 unspecified atom stereocenters. The lowest BCUT2D eigenvalue weighted by molar-refractivity contribution is 0.603. The zero-order chi connectivity index (χ0) is 15.6. The summed E-state index contributed by atoms with van der Waals surface area (Å²) in [4.78, 5) is 0.955. The number of hydrogen-bond acceptors (Lipinski definition) is 4. The number of hydrogen-bond donors (Lipinski definition) is 2. The SMILES string of the molecule is CNCc1sc(S(=O)(=O)Nc2cc(F)ccc2Br)cc1C. The van der Waals surface area contributed by atoms with E-state index >= 15 is 0 Å². The van der Waals surface area contributed by atoms with Crippen LogP contribution in [0.2, 0.25) is 0 Å². The highest BCUT2D eigenvalue weighted by molar-refractivity contribution is 9.10. The molecule has 0 aliphatic carbocycles. The molecular formula is C13H14BrFN2O2S2. The van der Waals surface area contributed by atoms with E-state index in [-0.39, 0.29) is 9.90 Å². The minimum atomic E-state index is -3.73. The summed E-state index contributed by atoms with van der Waals surface area (Å²) >= 11 is 4.40. The van der Waals surface area contributed by atoms with Gasteiger partial charge >= 0.3 is 0 Å². The molecule has 4 nitrogen and oxygen atoms in total. The van der Waals surface area contributed by atoms with E-state index in [2.05, 4.69) is 26.0 Å². The highest BCUT2D eigenvalue weighted by atomic mass is 79.9. The van der Waals surface area contributed by atoms with Crippen molar-refractivity contribution in [3.05, 3.63) is 45.0 Å². The molecular weight excluding hydrogens is 379 g/mol. The van der Waals surface area contributed by atoms with Gasteiger partial charge in [0.25, 0.3) is 10.0 Å². The van der Waals surface area contributed by atoms with Crippen LogP contribution >= 0.6 is 27.3 Å². The third kappa shape index (κ3) is 3.82. The fourth-order valence-electron chi connectivity index (χ4n) is 1.73. The van der Waals surface area contributed by atoms with E-state index in [0.717, 1.165) is 16.5 Å². The zero-order valence-electron chi connectivity index (χ0n) is 11.4. The van der Waals surface area contributed by atoms with Crippen molar-refractivity contribution in [2.75, 3.05) is 11.8 Å². The van der Waals surface area contributed by atoms with Gasteiger partial charge in [0.2, 0.25) is 0 Å². The van der Waals surface area contributed by atoms with Crippen LogP contribution < -0.4 is 10.0 Å². The number of nitrogens with one attached hydrogen (secondary N) is 2. The summed E-state index contributed by atoms with van der Waals surface area (Å²) in [5, 5.41) is 2.99. The van der Waals surface area contributed by atoms with E-state index in [1.807, 2.05) is 6.92 Å². The molecule has 0 saturated carbocycles. The molecule has 8 heteroatoms. The standard InChI is InChI=1S/C13H14BrFN2O2S2/c1-8-5-13(20-12(8)7-16-2)21(18,19)17-11-6-9(15)3-4-10(11)14/h3-6,16-17H,7H2,1-2H3. The Bertz CT molecular complexity index is 760. The summed E-state index contributed by atoms with van der Waals surface area (Å²) in [6.45, 7) is 2.47. The Morgan fingerprint density at radius 3 is 2.71 bits per heavy atom. The smallest absolute Gasteiger partial charge is 0.271 e. The third-order valence-corrected chi connectivity index (χ3v) is 6.54. The van der Waals surface area contributed by atoms with E-state index in [4.69, 9.17) is 0 Å². The molecule has 0 fully saturated rings. The maximum Gasteiger partial charge on any atom is 0.271 e. The highest BCUT2D eigenvalue weighted by Gasteiger charge is 2.20. The van der Waals surface area contributed by atoms with Gasteiger partial charge in [-0.3, -0.25) is 4.72 Å². The van der Waals surface area contributed by atoms with Crippen LogP contribution in [0, 0.1) is 12.7 Å². The quantitative estimate of drug-likeness (QED) is 0.818. The largest absolute Gasteiger partial charge is 0.315 e. The van der Waals surface area contributed by atoms with Crippen molar-refractivity contribution in [3.63, 3.8) is 0 Å². The van der Waals surface area contributed by atoms with Crippen molar-refractivity contribution in [2.24, 2.45) is 0 Å². The van der Waals surface area contributed by atoms with E-state index in [1.54, 1.807) is 13.1 Å². The van der Waals surface area contributed by atoms with Gasteiger partial charge in [-0.2, -0.15) is 0 Å². The Morgan fingerprint density at radius 1 is 1.33 bits per heavy atom. The van der Waals surface area contributed by atoms with Crippen molar-refractivity contribution in [3.8, 4) is 0 Å². The van der Waals surface area contributed by atoms with Crippen LogP contribution in [0.4, 0.5) is 10.1 Å². The van der Waals surface area contributed by atoms with Crippen LogP contribution in [0.15, 0.2) is 32.9 Å². The number of thiophene rings is 1. The summed E-state index contributed by atoms with van der Waals surface area (Å²) in [5.41, 5.74) is 1.09. The molecule has 0 aliphatic rings. The summed E-state index contributed by atoms with van der Waals surface area (Å²) in [6, 6.07) is 5.46. The average molecular weight is 393 g/mol. The predicted octanol–water partition coefficient (Wildman–Crippen LogP) is 3.48. The molecule has 114 valence electrons. The van der Waals surface area contributed by atoms with E-state index in [0.29, 0.717) is 11.0 Å². The summed E-state index contributed by atoms with van der Waals surface area (Å²) in [6.07, 6.45) is 0. The van der Waals surface area contributed by atoms with Crippen LogP contribution in [-0.2, 0) is 16.6 Å². The molecule has 1 aromatic heterocycles. The first-order valence-electron chi connectivity index (χ1n) is 6.05. The van der Waals surface area contributed by atoms with Gasteiger partial charge in [-0.25, -0.2) is 12.8 Å². The van der Waals surface area contributed by atoms with Crippen LogP contribution in [0.5, 0.6) is 0 Å². The molecule has 1 aromatic carbocycles. The molecule has 0 spiro atoms. The van der Waals surface area contributed by atoms with Crippen LogP contribution in [-0.4, -0.2) is 15.5 Å². The van der Waals surface area contributed by atoms with Crippen molar-refractivity contribution in [1.29, 1.82) is 0 Å². The van der Waals surface area contributed by atoms with Gasteiger partial charge in [-0.1, -0.05) is 0 Å². The Balaban J connectivity index is 2.34. The Morgan fingerprint density at radius 2 is 2.05 bits per heavy atom. The second-order valence-corrected chi connectivity index (χ2v) is 8.33. The molecule has 1 heterocycles. The molecule has 0 saturated heterocycles. The molecule has 21 heavy (non-hydrogen) atoms. The first kappa shape index (κ1) is 16.4. The Kier molecular flexibility index (Phi) is 5.03. The fraction of sp³-hybridized carbons (Fsp3) is 0.231. The van der Waals surface area contributed by atoms with Gasteiger partial charge in [0.05, 0.1) is 5.69 Å². The summed E-state index contributed by atoms with van der Waals surface area (Å²) in [5.74, 6) is -0.505. The molecule has 2 rings (SSSR count). The Labute approximate surface area is 135 Å². The molecule has 0 bridgehead atoms. The first-order chi connectivity index (χ1) is 9.83. The number of sulfonamides is 1. The van der Waals surface area contributed by atoms with E-state index in [1.165, 1.54) is 23.5 Å². The fourth-order valence-corrected chi connectivity index (χ4v) is 4.88. The lowest BCUT2D eigenvalue weighted by atomic mass is 10.3. The number of anilines is 1. The number of benzene rings is 1. The maximum atomic E-state index is 13.2. The highest BCUT2D eigenvalue weighted by Crippen LogP contribution is 2.30. The van der Waals surface area contributed by atoms with Crippen molar-refractivity contribution in [2.45, 2.75) is 17.7 Å². The first-order valence-corrected chi connectivity index (χ1v) is 9.14. The van der Waals surface area contributed by atoms with Gasteiger partial charge in [0, 0.05) is 15.9 Å². The number of rotatable bonds is 5. The van der Waals surface area contributed by atoms with Crippen molar-refractivity contribution < 1.29 is 12.8 Å². The maximum absolute atomic E-state index is 13.2. The molecule has 0 aliphatic heterocycles. The van der Waals surface area contributed by atoms with E-state index in [9.17, 15) is 12.8 Å². The van der Waals surface area contributed by atoms with Gasteiger partial charge < -0.3 is 5.32 Å². The van der Waals surface area contributed by atoms with Gasteiger partial charge in [-0.05, 0) is 59.7 Å². The van der Waals surface area contributed by atoms with Crippen LogP contribution in [0.25, 0.3) is 0 Å². The minimum absolute atomic E-state index is 0.177. The number of aryl methyl sites for hydroxylation is 1. The average Bonchev–Trinajstić information content (AvgIpc) is 2.77. The van der Waals surface area contributed by atoms with Gasteiger partial charge in [-0.15, -0.1) is 11.3 Å². The van der Waals surface area contributed by atoms with Crippen LogP contribution in [0.3, 0.4) is 0 Å². The lowest BCUT2D eigenvalue weighted by Gasteiger charge is -2.08. The summed E-state index contributed by atoms with van der Waals surface area (Å²) in [7, 11) is -1.93. The molecule has 0 amide bonds.